The second kappa shape index (κ2) is 10.2. The Morgan fingerprint density at radius 3 is 2.41 bits per heavy atom. The zero-order chi connectivity index (χ0) is 18.0. The summed E-state index contributed by atoms with van der Waals surface area (Å²) in [6.45, 7) is 7.70. The van der Waals surface area contributed by atoms with Gasteiger partial charge in [0.25, 0.3) is 5.91 Å². The number of nitrogen functional groups attached to an aromatic ring is 1. The SMILES string of the molecule is CCN(CC)CCN1C(=O)c2ccccc2C1c1cc(Cl)ccc1N.Cl.Cl. The van der Waals surface area contributed by atoms with Crippen molar-refractivity contribution in [3.05, 3.63) is 64.2 Å². The summed E-state index contributed by atoms with van der Waals surface area (Å²) in [4.78, 5) is 17.2. The van der Waals surface area contributed by atoms with Gasteiger partial charge >= 0.3 is 0 Å². The average molecular weight is 431 g/mol. The van der Waals surface area contributed by atoms with Crippen LogP contribution in [0.1, 0.15) is 41.4 Å². The van der Waals surface area contributed by atoms with Gasteiger partial charge in [-0.25, -0.2) is 0 Å². The zero-order valence-corrected chi connectivity index (χ0v) is 17.9. The minimum atomic E-state index is -0.182. The van der Waals surface area contributed by atoms with Crippen molar-refractivity contribution in [2.75, 3.05) is 31.9 Å². The van der Waals surface area contributed by atoms with Gasteiger partial charge < -0.3 is 15.5 Å². The van der Waals surface area contributed by atoms with Crippen molar-refractivity contribution < 1.29 is 4.79 Å². The number of fused-ring (bicyclic) bond motifs is 1. The molecule has 1 unspecified atom stereocenters. The third-order valence-electron chi connectivity index (χ3n) is 4.95. The van der Waals surface area contributed by atoms with Gasteiger partial charge in [-0.1, -0.05) is 43.6 Å². The fourth-order valence-electron chi connectivity index (χ4n) is 3.51. The lowest BCUT2D eigenvalue weighted by atomic mass is 9.96. The number of amides is 1. The lowest BCUT2D eigenvalue weighted by molar-refractivity contribution is 0.0730. The quantitative estimate of drug-likeness (QED) is 0.678. The topological polar surface area (TPSA) is 49.6 Å². The van der Waals surface area contributed by atoms with E-state index in [1.54, 1.807) is 6.07 Å². The van der Waals surface area contributed by atoms with E-state index in [1.807, 2.05) is 41.3 Å². The number of nitrogens with zero attached hydrogens (tertiary/aromatic N) is 2. The van der Waals surface area contributed by atoms with Gasteiger partial charge in [0.15, 0.2) is 0 Å². The van der Waals surface area contributed by atoms with Crippen LogP contribution in [0.3, 0.4) is 0 Å². The summed E-state index contributed by atoms with van der Waals surface area (Å²) >= 11 is 6.21. The fraction of sp³-hybridized carbons (Fsp3) is 0.350. The first kappa shape index (κ1) is 23.6. The van der Waals surface area contributed by atoms with Gasteiger partial charge in [0.05, 0.1) is 6.04 Å². The Kier molecular flexibility index (Phi) is 8.89. The molecule has 2 aromatic carbocycles. The highest BCUT2D eigenvalue weighted by Crippen LogP contribution is 2.41. The molecule has 0 aromatic heterocycles. The van der Waals surface area contributed by atoms with Gasteiger partial charge in [0.2, 0.25) is 0 Å². The smallest absolute Gasteiger partial charge is 0.255 e. The van der Waals surface area contributed by atoms with E-state index in [1.165, 1.54) is 0 Å². The van der Waals surface area contributed by atoms with Crippen LogP contribution < -0.4 is 5.73 Å². The fourth-order valence-corrected chi connectivity index (χ4v) is 3.69. The maximum Gasteiger partial charge on any atom is 0.255 e. The number of halogens is 3. The molecule has 27 heavy (non-hydrogen) atoms. The number of hydrogen-bond donors (Lipinski definition) is 1. The first-order chi connectivity index (χ1) is 12.1. The largest absolute Gasteiger partial charge is 0.398 e. The molecule has 0 saturated carbocycles. The highest BCUT2D eigenvalue weighted by atomic mass is 35.5. The summed E-state index contributed by atoms with van der Waals surface area (Å²) in [7, 11) is 0. The van der Waals surface area contributed by atoms with E-state index in [9.17, 15) is 4.79 Å². The second-order valence-corrected chi connectivity index (χ2v) is 6.72. The predicted molar refractivity (Wildman–Crippen MR) is 117 cm³/mol. The minimum absolute atomic E-state index is 0. The first-order valence-corrected chi connectivity index (χ1v) is 9.11. The molecule has 1 aliphatic rings. The van der Waals surface area contributed by atoms with Crippen molar-refractivity contribution in [1.82, 2.24) is 9.80 Å². The molecule has 0 radical (unpaired) electrons. The van der Waals surface area contributed by atoms with Crippen molar-refractivity contribution in [2.45, 2.75) is 19.9 Å². The number of rotatable bonds is 6. The van der Waals surface area contributed by atoms with Crippen molar-refractivity contribution in [3.8, 4) is 0 Å². The van der Waals surface area contributed by atoms with Crippen LogP contribution in [-0.4, -0.2) is 41.9 Å². The summed E-state index contributed by atoms with van der Waals surface area (Å²) in [6.07, 6.45) is 0. The first-order valence-electron chi connectivity index (χ1n) is 8.74. The van der Waals surface area contributed by atoms with Crippen LogP contribution in [0.25, 0.3) is 0 Å². The minimum Gasteiger partial charge on any atom is -0.398 e. The lowest BCUT2D eigenvalue weighted by Gasteiger charge is -2.29. The van der Waals surface area contributed by atoms with E-state index in [2.05, 4.69) is 18.7 Å². The highest BCUT2D eigenvalue weighted by Gasteiger charge is 2.38. The molecule has 0 spiro atoms. The number of carbonyl (C=O) groups is 1. The Labute approximate surface area is 178 Å². The molecule has 2 N–H and O–H groups in total. The molecule has 0 aliphatic carbocycles. The Bertz CT molecular complexity index is 781. The summed E-state index contributed by atoms with van der Waals surface area (Å²) in [5, 5.41) is 0.629. The molecule has 0 saturated heterocycles. The van der Waals surface area contributed by atoms with Crippen LogP contribution in [0, 0.1) is 0 Å². The van der Waals surface area contributed by atoms with Gasteiger partial charge in [-0.15, -0.1) is 24.8 Å². The van der Waals surface area contributed by atoms with Crippen LogP contribution in [0.4, 0.5) is 5.69 Å². The van der Waals surface area contributed by atoms with Crippen molar-refractivity contribution >= 4 is 48.0 Å². The summed E-state index contributed by atoms with van der Waals surface area (Å²) in [6, 6.07) is 13.1. The van der Waals surface area contributed by atoms with Crippen LogP contribution in [0.15, 0.2) is 42.5 Å². The molecule has 4 nitrogen and oxygen atoms in total. The van der Waals surface area contributed by atoms with Crippen molar-refractivity contribution in [1.29, 1.82) is 0 Å². The third-order valence-corrected chi connectivity index (χ3v) is 5.19. The van der Waals surface area contributed by atoms with E-state index < -0.39 is 0 Å². The van der Waals surface area contributed by atoms with Crippen molar-refractivity contribution in [2.24, 2.45) is 0 Å². The van der Waals surface area contributed by atoms with Gasteiger partial charge in [-0.05, 0) is 42.9 Å². The predicted octanol–water partition coefficient (Wildman–Crippen LogP) is 4.65. The van der Waals surface area contributed by atoms with Crippen LogP contribution in [0.2, 0.25) is 5.02 Å². The van der Waals surface area contributed by atoms with E-state index in [0.717, 1.165) is 36.3 Å². The Morgan fingerprint density at radius 2 is 1.74 bits per heavy atom. The molecule has 0 fully saturated rings. The molecule has 1 aliphatic heterocycles. The Balaban J connectivity index is 0.00000182. The van der Waals surface area contributed by atoms with E-state index in [4.69, 9.17) is 17.3 Å². The zero-order valence-electron chi connectivity index (χ0n) is 15.5. The molecule has 1 amide bonds. The number of nitrogens with two attached hydrogens (primary N) is 1. The standard InChI is InChI=1S/C20H24ClN3O.2ClH/c1-3-23(4-2)11-12-24-19(17-13-14(21)9-10-18(17)22)15-7-5-6-8-16(15)20(24)25;;/h5-10,13,19H,3-4,11-12,22H2,1-2H3;2*1H. The van der Waals surface area contributed by atoms with Gasteiger partial charge in [0, 0.05) is 34.9 Å². The van der Waals surface area contributed by atoms with Crippen LogP contribution >= 0.6 is 36.4 Å². The molecule has 148 valence electrons. The molecule has 1 atom stereocenters. The van der Waals surface area contributed by atoms with Crippen molar-refractivity contribution in [3.63, 3.8) is 0 Å². The maximum atomic E-state index is 13.0. The van der Waals surface area contributed by atoms with E-state index >= 15 is 0 Å². The third kappa shape index (κ3) is 4.69. The molecule has 7 heteroatoms. The molecule has 2 aromatic rings. The van der Waals surface area contributed by atoms with E-state index in [-0.39, 0.29) is 36.8 Å². The van der Waals surface area contributed by atoms with Gasteiger partial charge in [0.1, 0.15) is 0 Å². The van der Waals surface area contributed by atoms with Gasteiger partial charge in [-0.2, -0.15) is 0 Å². The number of likely N-dealkylation sites (N-methyl/N-ethyl adjacent to an activating group) is 1. The monoisotopic (exact) mass is 429 g/mol. The number of benzene rings is 2. The molecular formula is C20H26Cl3N3O. The van der Waals surface area contributed by atoms with Gasteiger partial charge in [-0.3, -0.25) is 4.79 Å². The Morgan fingerprint density at radius 1 is 1.07 bits per heavy atom. The Hall–Kier alpha value is -1.46. The second-order valence-electron chi connectivity index (χ2n) is 6.29. The summed E-state index contributed by atoms with van der Waals surface area (Å²) in [5.41, 5.74) is 9.55. The van der Waals surface area contributed by atoms with Crippen LogP contribution in [0.5, 0.6) is 0 Å². The molecule has 0 bridgehead atoms. The highest BCUT2D eigenvalue weighted by molar-refractivity contribution is 6.30. The number of hydrogen-bond acceptors (Lipinski definition) is 3. The molecule has 3 rings (SSSR count). The normalized spacial score (nSPS) is 15.3. The maximum absolute atomic E-state index is 13.0. The molecule has 1 heterocycles. The summed E-state index contributed by atoms with van der Waals surface area (Å²) in [5.74, 6) is 0.0622. The van der Waals surface area contributed by atoms with Crippen LogP contribution in [-0.2, 0) is 0 Å². The number of anilines is 1. The number of carbonyl (C=O) groups excluding carboxylic acids is 1. The molecular weight excluding hydrogens is 405 g/mol. The lowest BCUT2D eigenvalue weighted by Crippen LogP contribution is -2.37. The van der Waals surface area contributed by atoms with E-state index in [0.29, 0.717) is 17.3 Å². The average Bonchev–Trinajstić information content (AvgIpc) is 2.90. The summed E-state index contributed by atoms with van der Waals surface area (Å²) < 4.78 is 0.